The van der Waals surface area contributed by atoms with Crippen molar-refractivity contribution in [1.82, 2.24) is 4.98 Å². The molecule has 0 bridgehead atoms. The molecule has 2 aromatic carbocycles. The Bertz CT molecular complexity index is 1210. The predicted molar refractivity (Wildman–Crippen MR) is 124 cm³/mol. The van der Waals surface area contributed by atoms with E-state index in [1.54, 1.807) is 12.1 Å². The number of benzene rings is 2. The number of halogens is 4. The first-order chi connectivity index (χ1) is 15.7. The Morgan fingerprint density at radius 3 is 2.52 bits per heavy atom. The fraction of sp³-hybridized carbons (Fsp3) is 0.296. The Morgan fingerprint density at radius 1 is 1.03 bits per heavy atom. The number of fused-ring (bicyclic) bond motifs is 1. The third-order valence-electron chi connectivity index (χ3n) is 6.40. The normalized spacial score (nSPS) is 16.1. The third kappa shape index (κ3) is 4.65. The number of allylic oxidation sites excluding steroid dienone is 1. The summed E-state index contributed by atoms with van der Waals surface area (Å²) in [7, 11) is 0. The Labute approximate surface area is 191 Å². The van der Waals surface area contributed by atoms with Gasteiger partial charge >= 0.3 is 6.18 Å². The molecule has 2 nitrogen and oxygen atoms in total. The van der Waals surface area contributed by atoms with E-state index < -0.39 is 11.7 Å². The van der Waals surface area contributed by atoms with E-state index in [2.05, 4.69) is 17.2 Å². The van der Waals surface area contributed by atoms with E-state index in [-0.39, 0.29) is 17.1 Å². The average Bonchev–Trinajstić information content (AvgIpc) is 2.95. The lowest BCUT2D eigenvalue weighted by atomic mass is 9.90. The zero-order chi connectivity index (χ0) is 23.8. The van der Waals surface area contributed by atoms with E-state index in [9.17, 15) is 17.6 Å². The van der Waals surface area contributed by atoms with Crippen molar-refractivity contribution in [2.24, 2.45) is 0 Å². The van der Waals surface area contributed by atoms with Crippen molar-refractivity contribution in [1.29, 1.82) is 0 Å². The molecule has 0 radical (unpaired) electrons. The van der Waals surface area contributed by atoms with Crippen molar-refractivity contribution in [3.05, 3.63) is 88.2 Å². The van der Waals surface area contributed by atoms with E-state index in [1.165, 1.54) is 24.3 Å². The second kappa shape index (κ2) is 9.00. The minimum Gasteiger partial charge on any atom is -0.340 e. The molecule has 0 spiro atoms. The SMILES string of the molecule is CCC1CCC=C(Nc2nc(-c3ccccc3C(F)(F)F)cc(C)c2C)c2cc(F)ccc21. The van der Waals surface area contributed by atoms with E-state index in [4.69, 9.17) is 0 Å². The van der Waals surface area contributed by atoms with Crippen molar-refractivity contribution >= 4 is 11.5 Å². The molecule has 1 atom stereocenters. The van der Waals surface area contributed by atoms with Gasteiger partial charge in [0.1, 0.15) is 11.6 Å². The fourth-order valence-corrected chi connectivity index (χ4v) is 4.43. The molecule has 4 rings (SSSR count). The summed E-state index contributed by atoms with van der Waals surface area (Å²) in [6.45, 7) is 5.85. The molecule has 1 aliphatic carbocycles. The van der Waals surface area contributed by atoms with Gasteiger partial charge in [0.2, 0.25) is 0 Å². The van der Waals surface area contributed by atoms with Crippen LogP contribution < -0.4 is 5.32 Å². The molecule has 1 N–H and O–H groups in total. The minimum atomic E-state index is -4.49. The number of nitrogens with zero attached hydrogens (tertiary/aromatic N) is 1. The molecule has 33 heavy (non-hydrogen) atoms. The number of aromatic nitrogens is 1. The number of nitrogens with one attached hydrogen (secondary N) is 1. The molecular formula is C27H26F4N2. The monoisotopic (exact) mass is 454 g/mol. The second-order valence-electron chi connectivity index (χ2n) is 8.50. The summed E-state index contributed by atoms with van der Waals surface area (Å²) in [6, 6.07) is 12.0. The summed E-state index contributed by atoms with van der Waals surface area (Å²) in [5.41, 5.74) is 3.79. The van der Waals surface area contributed by atoms with Crippen LogP contribution in [0.2, 0.25) is 0 Å². The number of rotatable bonds is 4. The van der Waals surface area contributed by atoms with Crippen LogP contribution in [-0.2, 0) is 6.18 Å². The van der Waals surface area contributed by atoms with Gasteiger partial charge in [0, 0.05) is 16.8 Å². The standard InChI is InChI=1S/C27H26F4N2/c1-4-18-8-7-11-24(22-15-19(28)12-13-20(18)22)32-26-17(3)16(2)14-25(33-26)21-9-5-6-10-23(21)27(29,30)31/h5-6,9-15,18H,4,7-8H2,1-3H3,(H,32,33). The highest BCUT2D eigenvalue weighted by Crippen LogP contribution is 2.39. The molecule has 0 fully saturated rings. The number of hydrogen-bond donors (Lipinski definition) is 1. The molecule has 1 aliphatic rings. The van der Waals surface area contributed by atoms with Gasteiger partial charge in [0.05, 0.1) is 11.3 Å². The average molecular weight is 455 g/mol. The smallest absolute Gasteiger partial charge is 0.340 e. The molecule has 1 unspecified atom stereocenters. The van der Waals surface area contributed by atoms with Crippen LogP contribution in [0.15, 0.2) is 54.6 Å². The molecule has 1 heterocycles. The van der Waals surface area contributed by atoms with Crippen LogP contribution in [0.1, 0.15) is 59.9 Å². The summed E-state index contributed by atoms with van der Waals surface area (Å²) in [5.74, 6) is 0.460. The van der Waals surface area contributed by atoms with Crippen molar-refractivity contribution in [3.8, 4) is 11.3 Å². The highest BCUT2D eigenvalue weighted by molar-refractivity contribution is 5.80. The summed E-state index contributed by atoms with van der Waals surface area (Å²) >= 11 is 0. The number of alkyl halides is 3. The number of aryl methyl sites for hydroxylation is 1. The minimum absolute atomic E-state index is 0.0310. The van der Waals surface area contributed by atoms with Gasteiger partial charge in [-0.3, -0.25) is 0 Å². The lowest BCUT2D eigenvalue weighted by Crippen LogP contribution is -2.10. The summed E-state index contributed by atoms with van der Waals surface area (Å²) < 4.78 is 55.0. The number of anilines is 1. The van der Waals surface area contributed by atoms with Crippen molar-refractivity contribution in [3.63, 3.8) is 0 Å². The molecule has 0 aliphatic heterocycles. The van der Waals surface area contributed by atoms with Gasteiger partial charge in [-0.1, -0.05) is 37.3 Å². The third-order valence-corrected chi connectivity index (χ3v) is 6.40. The predicted octanol–water partition coefficient (Wildman–Crippen LogP) is 8.26. The van der Waals surface area contributed by atoms with Gasteiger partial charge < -0.3 is 5.32 Å². The lowest BCUT2D eigenvalue weighted by molar-refractivity contribution is -0.137. The zero-order valence-electron chi connectivity index (χ0n) is 18.9. The first kappa shape index (κ1) is 23.0. The molecule has 1 aromatic heterocycles. The maximum atomic E-state index is 14.2. The number of pyridine rings is 1. The van der Waals surface area contributed by atoms with E-state index in [0.29, 0.717) is 11.7 Å². The maximum Gasteiger partial charge on any atom is 0.417 e. The Kier molecular flexibility index (Phi) is 6.28. The molecule has 3 aromatic rings. The highest BCUT2D eigenvalue weighted by Gasteiger charge is 2.34. The van der Waals surface area contributed by atoms with Gasteiger partial charge in [0.25, 0.3) is 0 Å². The summed E-state index contributed by atoms with van der Waals surface area (Å²) in [5, 5.41) is 3.33. The first-order valence-electron chi connectivity index (χ1n) is 11.1. The quantitative estimate of drug-likeness (QED) is 0.401. The van der Waals surface area contributed by atoms with E-state index in [1.807, 2.05) is 26.0 Å². The summed E-state index contributed by atoms with van der Waals surface area (Å²) in [6.07, 6.45) is 0.247. The van der Waals surface area contributed by atoms with Crippen molar-refractivity contribution < 1.29 is 17.6 Å². The first-order valence-corrected chi connectivity index (χ1v) is 11.1. The molecule has 0 amide bonds. The largest absolute Gasteiger partial charge is 0.417 e. The fourth-order valence-electron chi connectivity index (χ4n) is 4.43. The van der Waals surface area contributed by atoms with Crippen LogP contribution in [0.5, 0.6) is 0 Å². The molecule has 172 valence electrons. The molecule has 0 saturated carbocycles. The van der Waals surface area contributed by atoms with Crippen molar-refractivity contribution in [2.45, 2.75) is 52.1 Å². The van der Waals surface area contributed by atoms with Gasteiger partial charge in [-0.2, -0.15) is 13.2 Å². The zero-order valence-corrected chi connectivity index (χ0v) is 18.9. The van der Waals surface area contributed by atoms with Crippen LogP contribution in [0, 0.1) is 19.7 Å². The Morgan fingerprint density at radius 2 is 1.79 bits per heavy atom. The van der Waals surface area contributed by atoms with Crippen LogP contribution in [0.3, 0.4) is 0 Å². The van der Waals surface area contributed by atoms with E-state index >= 15 is 0 Å². The van der Waals surface area contributed by atoms with Crippen molar-refractivity contribution in [2.75, 3.05) is 5.32 Å². The van der Waals surface area contributed by atoms with Crippen LogP contribution in [0.4, 0.5) is 23.4 Å². The lowest BCUT2D eigenvalue weighted by Gasteiger charge is -2.20. The van der Waals surface area contributed by atoms with Gasteiger partial charge in [0.15, 0.2) is 0 Å². The second-order valence-corrected chi connectivity index (χ2v) is 8.50. The van der Waals surface area contributed by atoms with Gasteiger partial charge in [-0.25, -0.2) is 9.37 Å². The van der Waals surface area contributed by atoms with Crippen LogP contribution >= 0.6 is 0 Å². The molecule has 6 heteroatoms. The number of hydrogen-bond acceptors (Lipinski definition) is 2. The van der Waals surface area contributed by atoms with Gasteiger partial charge in [-0.15, -0.1) is 0 Å². The highest BCUT2D eigenvalue weighted by atomic mass is 19.4. The van der Waals surface area contributed by atoms with Crippen LogP contribution in [0.25, 0.3) is 17.0 Å². The molecule has 0 saturated heterocycles. The van der Waals surface area contributed by atoms with Gasteiger partial charge in [-0.05, 0) is 80.0 Å². The maximum absolute atomic E-state index is 14.2. The Hall–Kier alpha value is -3.15. The Balaban J connectivity index is 1.80. The van der Waals surface area contributed by atoms with E-state index in [0.717, 1.165) is 53.3 Å². The summed E-state index contributed by atoms with van der Waals surface area (Å²) in [4.78, 5) is 4.59. The topological polar surface area (TPSA) is 24.9 Å². The van der Waals surface area contributed by atoms with Crippen LogP contribution in [-0.4, -0.2) is 4.98 Å². The molecular weight excluding hydrogens is 428 g/mol.